The van der Waals surface area contributed by atoms with Crippen LogP contribution in [0.5, 0.6) is 0 Å². The number of imide groups is 1. The van der Waals surface area contributed by atoms with Crippen LogP contribution in [0.4, 0.5) is 10.1 Å². The topological polar surface area (TPSA) is 113 Å². The van der Waals surface area contributed by atoms with Crippen LogP contribution in [0.15, 0.2) is 53.4 Å². The van der Waals surface area contributed by atoms with Gasteiger partial charge in [0.15, 0.2) is 0 Å². The standard InChI is InChI=1S/C20H20FN3O5S/c21-15-5-7-16(8-6-15)23-30(28,29)17-4-1-3-14(13-17)20(27)22-11-2-12-24-18(25)9-10-19(24)26/h1,3-8,13,23H,2,9-12H2,(H,22,27). The van der Waals surface area contributed by atoms with Gasteiger partial charge in [0, 0.05) is 37.2 Å². The Labute approximate surface area is 173 Å². The summed E-state index contributed by atoms with van der Waals surface area (Å²) < 4.78 is 40.4. The number of benzene rings is 2. The summed E-state index contributed by atoms with van der Waals surface area (Å²) in [5.41, 5.74) is 0.336. The Morgan fingerprint density at radius 2 is 1.70 bits per heavy atom. The van der Waals surface area contributed by atoms with Gasteiger partial charge in [0.25, 0.3) is 15.9 Å². The lowest BCUT2D eigenvalue weighted by Crippen LogP contribution is -2.33. The first-order valence-electron chi connectivity index (χ1n) is 9.26. The molecule has 158 valence electrons. The number of sulfonamides is 1. The highest BCUT2D eigenvalue weighted by atomic mass is 32.2. The average molecular weight is 433 g/mol. The number of hydrogen-bond donors (Lipinski definition) is 2. The highest BCUT2D eigenvalue weighted by Crippen LogP contribution is 2.18. The van der Waals surface area contributed by atoms with Crippen molar-refractivity contribution in [3.63, 3.8) is 0 Å². The van der Waals surface area contributed by atoms with Crippen molar-refractivity contribution < 1.29 is 27.2 Å². The molecule has 0 unspecified atom stereocenters. The Balaban J connectivity index is 1.58. The fourth-order valence-corrected chi connectivity index (χ4v) is 4.05. The van der Waals surface area contributed by atoms with E-state index in [1.807, 2.05) is 0 Å². The molecule has 0 saturated carbocycles. The Kier molecular flexibility index (Phi) is 6.46. The molecule has 0 bridgehead atoms. The summed E-state index contributed by atoms with van der Waals surface area (Å²) in [4.78, 5) is 36.5. The fourth-order valence-electron chi connectivity index (χ4n) is 2.95. The van der Waals surface area contributed by atoms with E-state index in [-0.39, 0.29) is 53.9 Å². The molecular formula is C20H20FN3O5S. The quantitative estimate of drug-likeness (QED) is 0.488. The van der Waals surface area contributed by atoms with Gasteiger partial charge in [-0.05, 0) is 48.9 Å². The molecule has 0 atom stereocenters. The summed E-state index contributed by atoms with van der Waals surface area (Å²) in [6, 6.07) is 10.3. The smallest absolute Gasteiger partial charge is 0.261 e. The van der Waals surface area contributed by atoms with Gasteiger partial charge in [-0.2, -0.15) is 0 Å². The van der Waals surface area contributed by atoms with Crippen LogP contribution in [0.3, 0.4) is 0 Å². The largest absolute Gasteiger partial charge is 0.352 e. The number of carbonyl (C=O) groups is 3. The third-order valence-corrected chi connectivity index (χ3v) is 5.88. The molecule has 3 rings (SSSR count). The van der Waals surface area contributed by atoms with Crippen molar-refractivity contribution in [3.05, 3.63) is 59.9 Å². The monoisotopic (exact) mass is 433 g/mol. The number of anilines is 1. The molecule has 1 saturated heterocycles. The van der Waals surface area contributed by atoms with E-state index in [4.69, 9.17) is 0 Å². The number of hydrogen-bond acceptors (Lipinski definition) is 5. The van der Waals surface area contributed by atoms with Crippen LogP contribution in [0, 0.1) is 5.82 Å². The molecule has 2 aromatic rings. The van der Waals surface area contributed by atoms with Crippen LogP contribution in [-0.4, -0.2) is 44.1 Å². The minimum absolute atomic E-state index is 0.118. The van der Waals surface area contributed by atoms with Gasteiger partial charge in [-0.3, -0.25) is 24.0 Å². The fraction of sp³-hybridized carbons (Fsp3) is 0.250. The van der Waals surface area contributed by atoms with Gasteiger partial charge >= 0.3 is 0 Å². The molecular weight excluding hydrogens is 413 g/mol. The van der Waals surface area contributed by atoms with Gasteiger partial charge in [-0.25, -0.2) is 12.8 Å². The van der Waals surface area contributed by atoms with Gasteiger partial charge in [-0.1, -0.05) is 6.07 Å². The summed E-state index contributed by atoms with van der Waals surface area (Å²) in [5.74, 6) is -1.39. The van der Waals surface area contributed by atoms with Gasteiger partial charge in [-0.15, -0.1) is 0 Å². The van der Waals surface area contributed by atoms with Crippen LogP contribution in [0.1, 0.15) is 29.6 Å². The Bertz CT molecular complexity index is 1050. The third kappa shape index (κ3) is 5.20. The number of nitrogens with one attached hydrogen (secondary N) is 2. The molecule has 30 heavy (non-hydrogen) atoms. The van der Waals surface area contributed by atoms with Crippen molar-refractivity contribution in [2.75, 3.05) is 17.8 Å². The predicted octanol–water partition coefficient (Wildman–Crippen LogP) is 1.90. The predicted molar refractivity (Wildman–Crippen MR) is 107 cm³/mol. The van der Waals surface area contributed by atoms with Crippen LogP contribution in [0.2, 0.25) is 0 Å². The van der Waals surface area contributed by atoms with E-state index in [9.17, 15) is 27.2 Å². The Morgan fingerprint density at radius 1 is 1.03 bits per heavy atom. The molecule has 1 fully saturated rings. The van der Waals surface area contributed by atoms with E-state index in [1.165, 1.54) is 41.3 Å². The first kappa shape index (κ1) is 21.4. The molecule has 1 heterocycles. The van der Waals surface area contributed by atoms with E-state index in [1.54, 1.807) is 0 Å². The molecule has 10 heteroatoms. The second-order valence-electron chi connectivity index (χ2n) is 6.69. The number of nitrogens with zero attached hydrogens (tertiary/aromatic N) is 1. The van der Waals surface area contributed by atoms with Crippen LogP contribution in [-0.2, 0) is 19.6 Å². The summed E-state index contributed by atoms with van der Waals surface area (Å²) in [7, 11) is -3.96. The van der Waals surface area contributed by atoms with Gasteiger partial charge in [0.1, 0.15) is 5.82 Å². The van der Waals surface area contributed by atoms with Gasteiger partial charge < -0.3 is 5.32 Å². The van der Waals surface area contributed by atoms with Crippen molar-refractivity contribution in [1.82, 2.24) is 10.2 Å². The highest BCUT2D eigenvalue weighted by molar-refractivity contribution is 7.92. The second-order valence-corrected chi connectivity index (χ2v) is 8.37. The zero-order chi connectivity index (χ0) is 21.7. The molecule has 2 aromatic carbocycles. The van der Waals surface area contributed by atoms with Crippen molar-refractivity contribution in [3.8, 4) is 0 Å². The summed E-state index contributed by atoms with van der Waals surface area (Å²) >= 11 is 0. The highest BCUT2D eigenvalue weighted by Gasteiger charge is 2.28. The summed E-state index contributed by atoms with van der Waals surface area (Å²) in [6.07, 6.45) is 0.837. The maximum atomic E-state index is 13.0. The van der Waals surface area contributed by atoms with Crippen LogP contribution in [0.25, 0.3) is 0 Å². The number of rotatable bonds is 8. The van der Waals surface area contributed by atoms with E-state index < -0.39 is 21.7 Å². The molecule has 0 aromatic heterocycles. The van der Waals surface area contributed by atoms with E-state index in [0.717, 1.165) is 12.1 Å². The molecule has 3 amide bonds. The zero-order valence-electron chi connectivity index (χ0n) is 15.9. The number of amides is 3. The molecule has 1 aliphatic rings. The Hall–Kier alpha value is -3.27. The normalized spacial score (nSPS) is 14.1. The first-order valence-corrected chi connectivity index (χ1v) is 10.7. The lowest BCUT2D eigenvalue weighted by Gasteiger charge is -2.14. The molecule has 8 nitrogen and oxygen atoms in total. The molecule has 0 radical (unpaired) electrons. The van der Waals surface area contributed by atoms with Crippen molar-refractivity contribution in [2.45, 2.75) is 24.2 Å². The minimum Gasteiger partial charge on any atom is -0.352 e. The Morgan fingerprint density at radius 3 is 2.37 bits per heavy atom. The number of likely N-dealkylation sites (tertiary alicyclic amines) is 1. The van der Waals surface area contributed by atoms with Gasteiger partial charge in [0.05, 0.1) is 4.90 Å². The lowest BCUT2D eigenvalue weighted by atomic mass is 10.2. The number of halogens is 1. The van der Waals surface area contributed by atoms with E-state index in [2.05, 4.69) is 10.0 Å². The maximum absolute atomic E-state index is 13.0. The maximum Gasteiger partial charge on any atom is 0.261 e. The van der Waals surface area contributed by atoms with E-state index in [0.29, 0.717) is 6.42 Å². The van der Waals surface area contributed by atoms with Crippen molar-refractivity contribution in [1.29, 1.82) is 0 Å². The SMILES string of the molecule is O=C(NCCCN1C(=O)CCC1=O)c1cccc(S(=O)(=O)Nc2ccc(F)cc2)c1. The van der Waals surface area contributed by atoms with E-state index >= 15 is 0 Å². The number of carbonyl (C=O) groups excluding carboxylic acids is 3. The zero-order valence-corrected chi connectivity index (χ0v) is 16.7. The minimum atomic E-state index is -3.96. The molecule has 2 N–H and O–H groups in total. The second kappa shape index (κ2) is 9.04. The summed E-state index contributed by atoms with van der Waals surface area (Å²) in [5, 5.41) is 2.64. The van der Waals surface area contributed by atoms with Crippen LogP contribution >= 0.6 is 0 Å². The first-order chi connectivity index (χ1) is 14.3. The molecule has 0 aliphatic carbocycles. The average Bonchev–Trinajstić information content (AvgIpc) is 3.04. The van der Waals surface area contributed by atoms with Crippen molar-refractivity contribution >= 4 is 33.4 Å². The van der Waals surface area contributed by atoms with Crippen molar-refractivity contribution in [2.24, 2.45) is 0 Å². The molecule has 1 aliphatic heterocycles. The molecule has 0 spiro atoms. The summed E-state index contributed by atoms with van der Waals surface area (Å²) in [6.45, 7) is 0.453. The third-order valence-electron chi connectivity index (χ3n) is 4.50. The van der Waals surface area contributed by atoms with Crippen LogP contribution < -0.4 is 10.0 Å². The van der Waals surface area contributed by atoms with Gasteiger partial charge in [0.2, 0.25) is 11.8 Å². The lowest BCUT2D eigenvalue weighted by molar-refractivity contribution is -0.138.